The first-order valence-electron chi connectivity index (χ1n) is 11.1. The van der Waals surface area contributed by atoms with Crippen LogP contribution in [0.3, 0.4) is 0 Å². The highest BCUT2D eigenvalue weighted by Gasteiger charge is 2.21. The molecule has 0 saturated heterocycles. The van der Waals surface area contributed by atoms with Crippen molar-refractivity contribution in [2.45, 2.75) is 58.3 Å². The van der Waals surface area contributed by atoms with Crippen molar-refractivity contribution >= 4 is 10.8 Å². The molecule has 0 bridgehead atoms. The van der Waals surface area contributed by atoms with Gasteiger partial charge < -0.3 is 4.74 Å². The summed E-state index contributed by atoms with van der Waals surface area (Å²) < 4.78 is 5.82. The van der Waals surface area contributed by atoms with Gasteiger partial charge in [-0.1, -0.05) is 68.0 Å². The summed E-state index contributed by atoms with van der Waals surface area (Å²) in [6.45, 7) is 4.93. The molecule has 3 aromatic carbocycles. The van der Waals surface area contributed by atoms with Crippen LogP contribution in [0.5, 0.6) is 5.75 Å². The van der Waals surface area contributed by atoms with E-state index >= 15 is 0 Å². The number of benzene rings is 3. The van der Waals surface area contributed by atoms with Gasteiger partial charge in [0, 0.05) is 0 Å². The lowest BCUT2D eigenvalue weighted by molar-refractivity contribution is 0.361. The van der Waals surface area contributed by atoms with Gasteiger partial charge in [-0.3, -0.25) is 0 Å². The molecule has 0 radical (unpaired) electrons. The Morgan fingerprint density at radius 2 is 1.83 bits per heavy atom. The maximum atomic E-state index is 5.82. The first-order chi connectivity index (χ1) is 14.3. The zero-order valence-corrected chi connectivity index (χ0v) is 17.8. The molecule has 29 heavy (non-hydrogen) atoms. The number of rotatable bonds is 7. The first-order valence-corrected chi connectivity index (χ1v) is 11.1. The van der Waals surface area contributed by atoms with Crippen LogP contribution in [0, 0.1) is 0 Å². The molecule has 1 aliphatic carbocycles. The van der Waals surface area contributed by atoms with Crippen molar-refractivity contribution in [3.63, 3.8) is 0 Å². The fourth-order valence-corrected chi connectivity index (χ4v) is 4.45. The molecule has 1 unspecified atom stereocenters. The topological polar surface area (TPSA) is 9.23 Å². The van der Waals surface area contributed by atoms with E-state index in [1.165, 1.54) is 58.7 Å². The van der Waals surface area contributed by atoms with Gasteiger partial charge in [-0.05, 0) is 90.1 Å². The number of hydrogen-bond donors (Lipinski definition) is 0. The number of hydrogen-bond acceptors (Lipinski definition) is 1. The lowest BCUT2D eigenvalue weighted by Crippen LogP contribution is -2.13. The molecule has 4 rings (SSSR count). The molecule has 150 valence electrons. The summed E-state index contributed by atoms with van der Waals surface area (Å²) in [7, 11) is 0. The summed E-state index contributed by atoms with van der Waals surface area (Å²) in [4.78, 5) is 0. The van der Waals surface area contributed by atoms with Crippen molar-refractivity contribution in [3.8, 4) is 5.75 Å². The second kappa shape index (κ2) is 9.31. The second-order valence-electron chi connectivity index (χ2n) is 8.29. The van der Waals surface area contributed by atoms with E-state index in [0.29, 0.717) is 12.5 Å². The minimum absolute atomic E-state index is 0.612. The molecule has 3 aromatic rings. The van der Waals surface area contributed by atoms with Crippen molar-refractivity contribution in [3.05, 3.63) is 89.0 Å². The normalized spacial score (nSPS) is 16.3. The molecule has 0 spiro atoms. The van der Waals surface area contributed by atoms with Gasteiger partial charge in [-0.15, -0.1) is 0 Å². The van der Waals surface area contributed by atoms with Gasteiger partial charge in [0.05, 0.1) is 0 Å². The van der Waals surface area contributed by atoms with Gasteiger partial charge in [0.1, 0.15) is 12.4 Å². The standard InChI is InChI=1S/C28H32O/c1-3-5-7-21-8-9-23-18-24(11-10-22(23)17-21)25-12-13-27-20-28(29-16-6-4-2)15-14-26(27)19-25/h4,6,8-11,14-15,17-18,20,25H,3,5,7,12-13,16,19H2,1-2H3. The maximum Gasteiger partial charge on any atom is 0.120 e. The molecule has 0 heterocycles. The Morgan fingerprint density at radius 3 is 2.69 bits per heavy atom. The molecular weight excluding hydrogens is 352 g/mol. The van der Waals surface area contributed by atoms with E-state index in [1.54, 1.807) is 0 Å². The van der Waals surface area contributed by atoms with Crippen LogP contribution in [0.4, 0.5) is 0 Å². The molecule has 1 heteroatoms. The van der Waals surface area contributed by atoms with E-state index in [4.69, 9.17) is 4.74 Å². The SMILES string of the molecule is CC=CCOc1ccc2c(c1)CCC(c1ccc3cc(CCCC)ccc3c1)C2. The number of ether oxygens (including phenoxy) is 1. The molecule has 1 nitrogen and oxygen atoms in total. The largest absolute Gasteiger partial charge is 0.490 e. The van der Waals surface area contributed by atoms with Crippen molar-refractivity contribution in [1.29, 1.82) is 0 Å². The van der Waals surface area contributed by atoms with Crippen molar-refractivity contribution in [1.82, 2.24) is 0 Å². The van der Waals surface area contributed by atoms with Gasteiger partial charge in [0.2, 0.25) is 0 Å². The zero-order chi connectivity index (χ0) is 20.1. The van der Waals surface area contributed by atoms with Crippen LogP contribution in [0.2, 0.25) is 0 Å². The van der Waals surface area contributed by atoms with Gasteiger partial charge in [-0.2, -0.15) is 0 Å². The Kier molecular flexibility index (Phi) is 6.34. The summed E-state index contributed by atoms with van der Waals surface area (Å²) in [5.74, 6) is 1.60. The van der Waals surface area contributed by atoms with Crippen LogP contribution in [-0.2, 0) is 19.3 Å². The molecule has 0 aromatic heterocycles. The maximum absolute atomic E-state index is 5.82. The van der Waals surface area contributed by atoms with Crippen LogP contribution < -0.4 is 4.74 Å². The second-order valence-corrected chi connectivity index (χ2v) is 8.29. The highest BCUT2D eigenvalue weighted by molar-refractivity contribution is 5.84. The monoisotopic (exact) mass is 384 g/mol. The predicted octanol–water partition coefficient (Wildman–Crippen LogP) is 7.41. The van der Waals surface area contributed by atoms with E-state index in [-0.39, 0.29) is 0 Å². The summed E-state index contributed by atoms with van der Waals surface area (Å²) in [6, 6.07) is 20.7. The number of allylic oxidation sites excluding steroid dienone is 1. The summed E-state index contributed by atoms with van der Waals surface area (Å²) >= 11 is 0. The third-order valence-electron chi connectivity index (χ3n) is 6.21. The minimum atomic E-state index is 0.612. The smallest absolute Gasteiger partial charge is 0.120 e. The Labute approximate surface area is 175 Å². The Hall–Kier alpha value is -2.54. The number of aryl methyl sites for hydroxylation is 2. The van der Waals surface area contributed by atoms with Crippen LogP contribution in [0.15, 0.2) is 66.7 Å². The molecule has 0 N–H and O–H groups in total. The quantitative estimate of drug-likeness (QED) is 0.385. The zero-order valence-electron chi connectivity index (χ0n) is 17.8. The lowest BCUT2D eigenvalue weighted by Gasteiger charge is -2.26. The third-order valence-corrected chi connectivity index (χ3v) is 6.21. The van der Waals surface area contributed by atoms with Gasteiger partial charge in [0.25, 0.3) is 0 Å². The van der Waals surface area contributed by atoms with Crippen LogP contribution in [-0.4, -0.2) is 6.61 Å². The molecule has 0 amide bonds. The minimum Gasteiger partial charge on any atom is -0.490 e. The van der Waals surface area contributed by atoms with E-state index in [0.717, 1.165) is 18.6 Å². The lowest BCUT2D eigenvalue weighted by atomic mass is 9.79. The van der Waals surface area contributed by atoms with Crippen molar-refractivity contribution in [2.75, 3.05) is 6.61 Å². The fraction of sp³-hybridized carbons (Fsp3) is 0.357. The summed E-state index contributed by atoms with van der Waals surface area (Å²) in [6.07, 6.45) is 11.3. The average Bonchev–Trinajstić information content (AvgIpc) is 2.77. The average molecular weight is 385 g/mol. The van der Waals surface area contributed by atoms with Crippen LogP contribution in [0.25, 0.3) is 10.8 Å². The van der Waals surface area contributed by atoms with Crippen LogP contribution >= 0.6 is 0 Å². The van der Waals surface area contributed by atoms with E-state index < -0.39 is 0 Å². The fourth-order valence-electron chi connectivity index (χ4n) is 4.45. The summed E-state index contributed by atoms with van der Waals surface area (Å²) in [5.41, 5.74) is 5.89. The molecule has 0 fully saturated rings. The van der Waals surface area contributed by atoms with Crippen molar-refractivity contribution in [2.24, 2.45) is 0 Å². The van der Waals surface area contributed by atoms with Gasteiger partial charge in [0.15, 0.2) is 0 Å². The number of unbranched alkanes of at least 4 members (excludes halogenated alkanes) is 1. The molecule has 1 atom stereocenters. The highest BCUT2D eigenvalue weighted by atomic mass is 16.5. The van der Waals surface area contributed by atoms with E-state index in [2.05, 4.69) is 61.5 Å². The number of fused-ring (bicyclic) bond motifs is 2. The van der Waals surface area contributed by atoms with Gasteiger partial charge >= 0.3 is 0 Å². The summed E-state index contributed by atoms with van der Waals surface area (Å²) in [5, 5.41) is 2.75. The molecule has 0 saturated carbocycles. The van der Waals surface area contributed by atoms with Crippen LogP contribution in [0.1, 0.15) is 61.3 Å². The molecule has 0 aliphatic heterocycles. The Morgan fingerprint density at radius 1 is 0.966 bits per heavy atom. The Bertz CT molecular complexity index is 998. The highest BCUT2D eigenvalue weighted by Crippen LogP contribution is 2.35. The van der Waals surface area contributed by atoms with Gasteiger partial charge in [-0.25, -0.2) is 0 Å². The first kappa shape index (κ1) is 19.8. The predicted molar refractivity (Wildman–Crippen MR) is 124 cm³/mol. The van der Waals surface area contributed by atoms with Crippen molar-refractivity contribution < 1.29 is 4.74 Å². The van der Waals surface area contributed by atoms with E-state index in [1.807, 2.05) is 19.1 Å². The van der Waals surface area contributed by atoms with E-state index in [9.17, 15) is 0 Å². The molecular formula is C28H32O. The third kappa shape index (κ3) is 4.72. The Balaban J connectivity index is 1.49. The molecule has 1 aliphatic rings.